The largest absolute Gasteiger partial charge is 0.462 e. The molecule has 70 heavy (non-hydrogen) atoms. The zero-order valence-corrected chi connectivity index (χ0v) is 46.0. The van der Waals surface area contributed by atoms with Gasteiger partial charge >= 0.3 is 11.9 Å². The average Bonchev–Trinajstić information content (AvgIpc) is 3.36. The van der Waals surface area contributed by atoms with Crippen molar-refractivity contribution in [3.05, 3.63) is 109 Å². The van der Waals surface area contributed by atoms with Gasteiger partial charge in [0.25, 0.3) is 0 Å². The van der Waals surface area contributed by atoms with E-state index in [0.717, 1.165) is 109 Å². The second-order valence-electron chi connectivity index (χ2n) is 19.2. The third-order valence-corrected chi connectivity index (χ3v) is 12.3. The van der Waals surface area contributed by atoms with Gasteiger partial charge in [0.05, 0.1) is 6.61 Å². The van der Waals surface area contributed by atoms with Gasteiger partial charge in [-0.1, -0.05) is 233 Å². The Bertz CT molecular complexity index is 1380. The Morgan fingerprint density at radius 3 is 1.03 bits per heavy atom. The van der Waals surface area contributed by atoms with Crippen LogP contribution in [0.4, 0.5) is 0 Å². The van der Waals surface area contributed by atoms with E-state index in [2.05, 4.69) is 130 Å². The van der Waals surface area contributed by atoms with Crippen molar-refractivity contribution in [1.82, 2.24) is 0 Å². The fourth-order valence-electron chi connectivity index (χ4n) is 7.89. The molecule has 0 aromatic heterocycles. The SMILES string of the molecule is CC/C=C\C/C=C\C/C=C\C/C=C\CCCCCCC(=O)OCC(COCCCCCCCCC/C=C\C/C=C\C/C=C\CCCCC)OC(=O)CCCCCCCCC/C=C\C/C=C\CCCCC. The monoisotopic (exact) mass is 971 g/mol. The number of rotatable bonds is 53. The molecule has 0 heterocycles. The highest BCUT2D eigenvalue weighted by Gasteiger charge is 2.17. The summed E-state index contributed by atoms with van der Waals surface area (Å²) in [6.07, 6.45) is 82.5. The fourth-order valence-corrected chi connectivity index (χ4v) is 7.89. The van der Waals surface area contributed by atoms with Gasteiger partial charge < -0.3 is 14.2 Å². The van der Waals surface area contributed by atoms with E-state index in [1.165, 1.54) is 122 Å². The lowest BCUT2D eigenvalue weighted by molar-refractivity contribution is -0.163. The van der Waals surface area contributed by atoms with Gasteiger partial charge in [-0.2, -0.15) is 0 Å². The first-order valence-corrected chi connectivity index (χ1v) is 29.4. The minimum Gasteiger partial charge on any atom is -0.462 e. The smallest absolute Gasteiger partial charge is 0.306 e. The third kappa shape index (κ3) is 57.1. The molecule has 5 nitrogen and oxygen atoms in total. The first-order chi connectivity index (χ1) is 34.6. The van der Waals surface area contributed by atoms with Gasteiger partial charge in [0.1, 0.15) is 6.61 Å². The number of hydrogen-bond donors (Lipinski definition) is 0. The van der Waals surface area contributed by atoms with Gasteiger partial charge in [-0.3, -0.25) is 9.59 Å². The Kier molecular flexibility index (Phi) is 56.9. The van der Waals surface area contributed by atoms with Crippen LogP contribution in [0.1, 0.15) is 265 Å². The first-order valence-electron chi connectivity index (χ1n) is 29.4. The Morgan fingerprint density at radius 2 is 0.643 bits per heavy atom. The second kappa shape index (κ2) is 59.9. The van der Waals surface area contributed by atoms with Crippen molar-refractivity contribution in [3.63, 3.8) is 0 Å². The van der Waals surface area contributed by atoms with Crippen LogP contribution in [0.3, 0.4) is 0 Å². The summed E-state index contributed by atoms with van der Waals surface area (Å²) in [6.45, 7) is 7.62. The van der Waals surface area contributed by atoms with E-state index in [0.29, 0.717) is 19.4 Å². The summed E-state index contributed by atoms with van der Waals surface area (Å²) in [4.78, 5) is 25.5. The highest BCUT2D eigenvalue weighted by molar-refractivity contribution is 5.70. The fraction of sp³-hybridized carbons (Fsp3) is 0.692. The van der Waals surface area contributed by atoms with Crippen LogP contribution < -0.4 is 0 Å². The van der Waals surface area contributed by atoms with Crippen molar-refractivity contribution in [1.29, 1.82) is 0 Å². The summed E-state index contributed by atoms with van der Waals surface area (Å²) in [7, 11) is 0. The van der Waals surface area contributed by atoms with Gasteiger partial charge in [0, 0.05) is 19.4 Å². The first kappa shape index (κ1) is 66.6. The quantitative estimate of drug-likeness (QED) is 0.0345. The van der Waals surface area contributed by atoms with Crippen LogP contribution in [0.5, 0.6) is 0 Å². The predicted octanol–water partition coefficient (Wildman–Crippen LogP) is 20.3. The standard InChI is InChI=1S/C65H110O5/c1-4-7-10-13-16-19-22-25-28-31-32-33-36-39-42-45-48-51-54-57-60-68-61-63(70-65(67)59-56-53-50-47-44-41-38-35-30-27-24-21-18-15-12-9-6-3)62-69-64(66)58-55-52-49-46-43-40-37-34-29-26-23-20-17-14-11-8-5-2/h8,11,16-21,25-30,32-33,37,40,63H,4-7,9-10,12-15,22-24,31,34-36,38-39,41-62H2,1-3H3/b11-8-,19-16-,20-17-,21-18-,28-25-,29-26-,30-27-,33-32-,40-37-. The third-order valence-electron chi connectivity index (χ3n) is 12.3. The van der Waals surface area contributed by atoms with Gasteiger partial charge in [-0.25, -0.2) is 0 Å². The summed E-state index contributed by atoms with van der Waals surface area (Å²) < 4.78 is 17.5. The molecule has 0 rings (SSSR count). The molecule has 0 bridgehead atoms. The van der Waals surface area contributed by atoms with Gasteiger partial charge in [0.15, 0.2) is 6.10 Å². The predicted molar refractivity (Wildman–Crippen MR) is 306 cm³/mol. The number of unbranched alkanes of at least 4 members (excludes halogenated alkanes) is 24. The van der Waals surface area contributed by atoms with Crippen LogP contribution in [-0.4, -0.2) is 37.9 Å². The van der Waals surface area contributed by atoms with E-state index in [4.69, 9.17) is 14.2 Å². The molecule has 0 aromatic rings. The topological polar surface area (TPSA) is 61.8 Å². The summed E-state index contributed by atoms with van der Waals surface area (Å²) in [6, 6.07) is 0. The summed E-state index contributed by atoms with van der Waals surface area (Å²) in [5, 5.41) is 0. The molecule has 400 valence electrons. The maximum absolute atomic E-state index is 12.9. The molecule has 0 aromatic carbocycles. The Hall–Kier alpha value is -3.44. The molecule has 0 amide bonds. The van der Waals surface area contributed by atoms with Crippen molar-refractivity contribution in [3.8, 4) is 0 Å². The highest BCUT2D eigenvalue weighted by atomic mass is 16.6. The van der Waals surface area contributed by atoms with Crippen molar-refractivity contribution >= 4 is 11.9 Å². The summed E-state index contributed by atoms with van der Waals surface area (Å²) in [5.74, 6) is -0.439. The molecule has 0 saturated carbocycles. The minimum absolute atomic E-state index is 0.0596. The van der Waals surface area contributed by atoms with Crippen LogP contribution >= 0.6 is 0 Å². The molecule has 1 atom stereocenters. The van der Waals surface area contributed by atoms with Crippen LogP contribution in [0.2, 0.25) is 0 Å². The van der Waals surface area contributed by atoms with Gasteiger partial charge in [-0.15, -0.1) is 0 Å². The number of esters is 2. The van der Waals surface area contributed by atoms with Crippen molar-refractivity contribution in [2.45, 2.75) is 271 Å². The Labute approximate surface area is 434 Å². The molecule has 0 aliphatic heterocycles. The Morgan fingerprint density at radius 1 is 0.329 bits per heavy atom. The lowest BCUT2D eigenvalue weighted by Crippen LogP contribution is -2.30. The van der Waals surface area contributed by atoms with Crippen LogP contribution in [0.25, 0.3) is 0 Å². The van der Waals surface area contributed by atoms with E-state index in [1.54, 1.807) is 0 Å². The molecule has 0 aliphatic rings. The van der Waals surface area contributed by atoms with Gasteiger partial charge in [-0.05, 0) is 128 Å². The zero-order valence-electron chi connectivity index (χ0n) is 46.0. The Balaban J connectivity index is 4.37. The van der Waals surface area contributed by atoms with E-state index >= 15 is 0 Å². The van der Waals surface area contributed by atoms with Crippen LogP contribution in [0.15, 0.2) is 109 Å². The van der Waals surface area contributed by atoms with Crippen molar-refractivity contribution < 1.29 is 23.8 Å². The molecule has 0 radical (unpaired) electrons. The number of carbonyl (C=O) groups is 2. The average molecular weight is 972 g/mol. The zero-order chi connectivity index (χ0) is 50.6. The summed E-state index contributed by atoms with van der Waals surface area (Å²) in [5.41, 5.74) is 0. The van der Waals surface area contributed by atoms with Crippen molar-refractivity contribution in [2.24, 2.45) is 0 Å². The maximum atomic E-state index is 12.9. The van der Waals surface area contributed by atoms with E-state index in [1.807, 2.05) is 0 Å². The molecule has 5 heteroatoms. The van der Waals surface area contributed by atoms with E-state index in [-0.39, 0.29) is 25.2 Å². The molecule has 0 saturated heterocycles. The van der Waals surface area contributed by atoms with Crippen LogP contribution in [0, 0.1) is 0 Å². The van der Waals surface area contributed by atoms with Crippen LogP contribution in [-0.2, 0) is 23.8 Å². The number of ether oxygens (including phenoxy) is 3. The van der Waals surface area contributed by atoms with E-state index < -0.39 is 6.10 Å². The molecule has 1 unspecified atom stereocenters. The molecule has 0 fully saturated rings. The number of hydrogen-bond acceptors (Lipinski definition) is 5. The maximum Gasteiger partial charge on any atom is 0.306 e. The lowest BCUT2D eigenvalue weighted by atomic mass is 10.1. The van der Waals surface area contributed by atoms with Crippen molar-refractivity contribution in [2.75, 3.05) is 19.8 Å². The van der Waals surface area contributed by atoms with Gasteiger partial charge in [0.2, 0.25) is 0 Å². The summed E-state index contributed by atoms with van der Waals surface area (Å²) >= 11 is 0. The number of carbonyl (C=O) groups excluding carboxylic acids is 2. The molecule has 0 N–H and O–H groups in total. The molecular weight excluding hydrogens is 861 g/mol. The molecule has 0 spiro atoms. The normalized spacial score (nSPS) is 13.0. The van der Waals surface area contributed by atoms with E-state index in [9.17, 15) is 9.59 Å². The molecule has 0 aliphatic carbocycles. The highest BCUT2D eigenvalue weighted by Crippen LogP contribution is 2.14. The minimum atomic E-state index is -0.564. The lowest BCUT2D eigenvalue weighted by Gasteiger charge is -2.18. The second-order valence-corrected chi connectivity index (χ2v) is 19.2. The number of allylic oxidation sites excluding steroid dienone is 18. The molecular formula is C65H110O5.